The van der Waals surface area contributed by atoms with Gasteiger partial charge >= 0.3 is 0 Å². The molecule has 0 aliphatic rings. The first kappa shape index (κ1) is 19.9. The Morgan fingerprint density at radius 3 is 2.24 bits per heavy atom. The summed E-state index contributed by atoms with van der Waals surface area (Å²) in [5, 5.41) is 3.17. The monoisotopic (exact) mass is 393 g/mol. The molecule has 3 aromatic rings. The molecule has 3 rings (SSSR count). The van der Waals surface area contributed by atoms with Crippen molar-refractivity contribution in [3.8, 4) is 5.75 Å². The summed E-state index contributed by atoms with van der Waals surface area (Å²) in [5.74, 6) is -1.08. The molecular formula is C22H20FN3O3. The van der Waals surface area contributed by atoms with Gasteiger partial charge < -0.3 is 10.1 Å². The highest BCUT2D eigenvalue weighted by molar-refractivity contribution is 6.01. The van der Waals surface area contributed by atoms with Crippen LogP contribution in [0.1, 0.15) is 17.3 Å². The number of rotatable bonds is 6. The Bertz CT molecular complexity index is 978. The summed E-state index contributed by atoms with van der Waals surface area (Å²) in [5.41, 5.74) is 6.51. The van der Waals surface area contributed by atoms with E-state index in [9.17, 15) is 14.0 Å². The number of carbonyl (C=O) groups excluding carboxylic acids is 2. The average Bonchev–Trinajstić information content (AvgIpc) is 2.74. The van der Waals surface area contributed by atoms with Gasteiger partial charge in [-0.2, -0.15) is 0 Å². The molecule has 0 fully saturated rings. The lowest BCUT2D eigenvalue weighted by Gasteiger charge is -2.16. The number of hydrogen-bond donors (Lipinski definition) is 3. The molecule has 1 atom stereocenters. The molecule has 0 saturated heterocycles. The van der Waals surface area contributed by atoms with E-state index >= 15 is 0 Å². The second-order valence-electron chi connectivity index (χ2n) is 6.19. The number of benzene rings is 3. The molecule has 3 aromatic carbocycles. The number of halogens is 1. The first-order valence-corrected chi connectivity index (χ1v) is 8.96. The van der Waals surface area contributed by atoms with Crippen LogP contribution < -0.4 is 20.9 Å². The van der Waals surface area contributed by atoms with Gasteiger partial charge in [0, 0.05) is 5.69 Å². The van der Waals surface area contributed by atoms with Crippen molar-refractivity contribution >= 4 is 23.2 Å². The topological polar surface area (TPSA) is 79.5 Å². The van der Waals surface area contributed by atoms with Crippen LogP contribution in [0.3, 0.4) is 0 Å². The van der Waals surface area contributed by atoms with E-state index in [1.54, 1.807) is 24.3 Å². The third-order valence-electron chi connectivity index (χ3n) is 4.02. The SMILES string of the molecule is CC(Oc1ccc(F)cc1)C(=O)NNC(=O)c1ccccc1Nc1ccccc1. The lowest BCUT2D eigenvalue weighted by atomic mass is 10.1. The van der Waals surface area contributed by atoms with Crippen molar-refractivity contribution in [2.75, 3.05) is 5.32 Å². The Morgan fingerprint density at radius 1 is 0.862 bits per heavy atom. The number of amides is 2. The maximum atomic E-state index is 12.9. The first-order valence-electron chi connectivity index (χ1n) is 8.96. The fraction of sp³-hybridized carbons (Fsp3) is 0.0909. The van der Waals surface area contributed by atoms with Crippen LogP contribution in [0.25, 0.3) is 0 Å². The number of nitrogens with one attached hydrogen (secondary N) is 3. The van der Waals surface area contributed by atoms with Gasteiger partial charge in [0.2, 0.25) is 0 Å². The molecule has 0 saturated carbocycles. The summed E-state index contributed by atoms with van der Waals surface area (Å²) in [6.07, 6.45) is -0.890. The first-order chi connectivity index (χ1) is 14.0. The van der Waals surface area contributed by atoms with Crippen LogP contribution >= 0.6 is 0 Å². The van der Waals surface area contributed by atoms with Gasteiger partial charge in [-0.25, -0.2) is 4.39 Å². The Morgan fingerprint density at radius 2 is 1.52 bits per heavy atom. The standard InChI is InChI=1S/C22H20FN3O3/c1-15(29-18-13-11-16(23)12-14-18)21(27)25-26-22(28)19-9-5-6-10-20(19)24-17-7-3-2-4-8-17/h2-15,24H,1H3,(H,25,27)(H,26,28). The number of anilines is 2. The summed E-state index contributed by atoms with van der Waals surface area (Å²) < 4.78 is 18.4. The second kappa shape index (κ2) is 9.36. The molecule has 0 aromatic heterocycles. The smallest absolute Gasteiger partial charge is 0.279 e. The van der Waals surface area contributed by atoms with Gasteiger partial charge in [0.1, 0.15) is 11.6 Å². The van der Waals surface area contributed by atoms with Crippen LogP contribution in [0, 0.1) is 5.82 Å². The van der Waals surface area contributed by atoms with Gasteiger partial charge in [-0.05, 0) is 55.5 Å². The van der Waals surface area contributed by atoms with Crippen LogP contribution in [0.5, 0.6) is 5.75 Å². The molecule has 2 amide bonds. The van der Waals surface area contributed by atoms with Crippen molar-refractivity contribution in [3.05, 3.63) is 90.2 Å². The predicted octanol–water partition coefficient (Wildman–Crippen LogP) is 3.80. The van der Waals surface area contributed by atoms with Gasteiger partial charge in [-0.3, -0.25) is 20.4 Å². The number of carbonyl (C=O) groups is 2. The number of para-hydroxylation sites is 2. The molecule has 7 heteroatoms. The summed E-state index contributed by atoms with van der Waals surface area (Å²) in [6, 6.07) is 21.7. The van der Waals surface area contributed by atoms with Gasteiger partial charge in [0.05, 0.1) is 11.3 Å². The minimum Gasteiger partial charge on any atom is -0.481 e. The van der Waals surface area contributed by atoms with E-state index in [-0.39, 0.29) is 0 Å². The van der Waals surface area contributed by atoms with Crippen molar-refractivity contribution in [1.29, 1.82) is 0 Å². The van der Waals surface area contributed by atoms with E-state index in [2.05, 4.69) is 16.2 Å². The van der Waals surface area contributed by atoms with Crippen LogP contribution in [0.15, 0.2) is 78.9 Å². The molecule has 0 radical (unpaired) electrons. The molecule has 0 aliphatic heterocycles. The van der Waals surface area contributed by atoms with Crippen molar-refractivity contribution in [2.24, 2.45) is 0 Å². The average molecular weight is 393 g/mol. The summed E-state index contributed by atoms with van der Waals surface area (Å²) in [6.45, 7) is 1.52. The molecule has 29 heavy (non-hydrogen) atoms. The van der Waals surface area contributed by atoms with Crippen LogP contribution in [-0.2, 0) is 4.79 Å². The van der Waals surface area contributed by atoms with Gasteiger partial charge in [0.25, 0.3) is 11.8 Å². The van der Waals surface area contributed by atoms with Crippen LogP contribution in [0.2, 0.25) is 0 Å². The van der Waals surface area contributed by atoms with Crippen LogP contribution in [0.4, 0.5) is 15.8 Å². The molecule has 0 bridgehead atoms. The van der Waals surface area contributed by atoms with Gasteiger partial charge in [-0.15, -0.1) is 0 Å². The summed E-state index contributed by atoms with van der Waals surface area (Å²) in [4.78, 5) is 24.7. The quantitative estimate of drug-likeness (QED) is 0.557. The maximum Gasteiger partial charge on any atom is 0.279 e. The molecule has 0 aliphatic carbocycles. The number of hydrazine groups is 1. The predicted molar refractivity (Wildman–Crippen MR) is 108 cm³/mol. The molecule has 6 nitrogen and oxygen atoms in total. The van der Waals surface area contributed by atoms with E-state index < -0.39 is 23.7 Å². The van der Waals surface area contributed by atoms with Crippen molar-refractivity contribution in [1.82, 2.24) is 10.9 Å². The lowest BCUT2D eigenvalue weighted by molar-refractivity contribution is -0.128. The highest BCUT2D eigenvalue weighted by atomic mass is 19.1. The Hall–Kier alpha value is -3.87. The van der Waals surface area contributed by atoms with Crippen molar-refractivity contribution in [3.63, 3.8) is 0 Å². The maximum absolute atomic E-state index is 12.9. The Balaban J connectivity index is 1.59. The Labute approximate surface area is 167 Å². The molecule has 148 valence electrons. The number of ether oxygens (including phenoxy) is 1. The van der Waals surface area contributed by atoms with Crippen molar-refractivity contribution in [2.45, 2.75) is 13.0 Å². The largest absolute Gasteiger partial charge is 0.481 e. The minimum atomic E-state index is -0.890. The fourth-order valence-corrected chi connectivity index (χ4v) is 2.53. The summed E-state index contributed by atoms with van der Waals surface area (Å²) >= 11 is 0. The second-order valence-corrected chi connectivity index (χ2v) is 6.19. The van der Waals surface area contributed by atoms with Gasteiger partial charge in [-0.1, -0.05) is 30.3 Å². The van der Waals surface area contributed by atoms with E-state index in [4.69, 9.17) is 4.74 Å². The molecule has 3 N–H and O–H groups in total. The molecule has 0 heterocycles. The zero-order valence-corrected chi connectivity index (χ0v) is 15.7. The highest BCUT2D eigenvalue weighted by Crippen LogP contribution is 2.20. The minimum absolute atomic E-state index is 0.345. The van der Waals surface area contributed by atoms with E-state index in [0.29, 0.717) is 17.0 Å². The zero-order valence-electron chi connectivity index (χ0n) is 15.7. The fourth-order valence-electron chi connectivity index (χ4n) is 2.53. The normalized spacial score (nSPS) is 11.2. The Kier molecular flexibility index (Phi) is 6.42. The molecule has 0 spiro atoms. The van der Waals surface area contributed by atoms with E-state index in [1.807, 2.05) is 30.3 Å². The lowest BCUT2D eigenvalue weighted by Crippen LogP contribution is -2.47. The third kappa shape index (κ3) is 5.55. The van der Waals surface area contributed by atoms with E-state index in [0.717, 1.165) is 5.69 Å². The third-order valence-corrected chi connectivity index (χ3v) is 4.02. The van der Waals surface area contributed by atoms with Crippen molar-refractivity contribution < 1.29 is 18.7 Å². The molecule has 1 unspecified atom stereocenters. The molecular weight excluding hydrogens is 373 g/mol. The van der Waals surface area contributed by atoms with E-state index in [1.165, 1.54) is 31.2 Å². The number of hydrogen-bond acceptors (Lipinski definition) is 4. The highest BCUT2D eigenvalue weighted by Gasteiger charge is 2.17. The van der Waals surface area contributed by atoms with Gasteiger partial charge in [0.15, 0.2) is 6.10 Å². The summed E-state index contributed by atoms with van der Waals surface area (Å²) in [7, 11) is 0. The zero-order chi connectivity index (χ0) is 20.6. The van der Waals surface area contributed by atoms with Crippen LogP contribution in [-0.4, -0.2) is 17.9 Å².